The van der Waals surface area contributed by atoms with Gasteiger partial charge in [0.25, 0.3) is 5.91 Å². The van der Waals surface area contributed by atoms with E-state index >= 15 is 0 Å². The van der Waals surface area contributed by atoms with Crippen LogP contribution in [0.4, 0.5) is 4.79 Å². The average Bonchev–Trinajstić information content (AvgIpc) is 2.79. The number of nitrogens with one attached hydrogen (secondary N) is 1. The van der Waals surface area contributed by atoms with Crippen LogP contribution in [0.5, 0.6) is 0 Å². The lowest BCUT2D eigenvalue weighted by Crippen LogP contribution is -2.28. The molecule has 0 atom stereocenters. The second-order valence-electron chi connectivity index (χ2n) is 3.30. The molecule has 0 aliphatic rings. The predicted octanol–water partition coefficient (Wildman–Crippen LogP) is 0.671. The van der Waals surface area contributed by atoms with Crippen LogP contribution in [-0.4, -0.2) is 36.2 Å². The van der Waals surface area contributed by atoms with Gasteiger partial charge in [0, 0.05) is 6.08 Å². The molecule has 0 radical (unpaired) electrons. The normalized spacial score (nSPS) is 10.3. The van der Waals surface area contributed by atoms with Gasteiger partial charge < -0.3 is 20.9 Å². The summed E-state index contributed by atoms with van der Waals surface area (Å²) < 4.78 is 4.45. The highest BCUT2D eigenvalue weighted by Crippen LogP contribution is 2.18. The lowest BCUT2D eigenvalue weighted by Gasteiger charge is -2.04. The molecule has 4 N–H and O–H groups in total. The van der Waals surface area contributed by atoms with Crippen LogP contribution in [0.25, 0.3) is 6.08 Å². The molecule has 102 valence electrons. The van der Waals surface area contributed by atoms with Gasteiger partial charge in [-0.2, -0.15) is 0 Å². The van der Waals surface area contributed by atoms with Crippen molar-refractivity contribution in [3.63, 3.8) is 0 Å². The molecule has 0 saturated heterocycles. The van der Waals surface area contributed by atoms with Gasteiger partial charge in [-0.05, 0) is 23.1 Å². The molecule has 1 aromatic rings. The van der Waals surface area contributed by atoms with E-state index in [2.05, 4.69) is 10.1 Å². The third kappa shape index (κ3) is 5.21. The molecule has 0 spiro atoms. The van der Waals surface area contributed by atoms with Crippen LogP contribution in [-0.2, 0) is 9.53 Å². The largest absolute Gasteiger partial charge is 0.478 e. The fourth-order valence-corrected chi connectivity index (χ4v) is 1.99. The van der Waals surface area contributed by atoms with Crippen molar-refractivity contribution in [1.29, 1.82) is 0 Å². The van der Waals surface area contributed by atoms with Crippen LogP contribution in [0.1, 0.15) is 15.2 Å². The highest BCUT2D eigenvalue weighted by Gasteiger charge is 2.11. The van der Waals surface area contributed by atoms with Crippen molar-refractivity contribution in [3.8, 4) is 0 Å². The standard InChI is InChI=1S/C11H12N2O5S/c12-11(17)18-5-4-13-10(16)9-7(3-6-19-9)1-2-8(14)15/h1-3,6H,4-5H2,(H2,12,17)(H,13,16)(H,14,15)/b2-1+. The maximum Gasteiger partial charge on any atom is 0.404 e. The zero-order chi connectivity index (χ0) is 14.3. The topological polar surface area (TPSA) is 119 Å². The SMILES string of the molecule is NC(=O)OCCNC(=O)c1sccc1/C=C/C(=O)O. The van der Waals surface area contributed by atoms with Gasteiger partial charge in [0.1, 0.15) is 6.61 Å². The molecule has 0 aromatic carbocycles. The van der Waals surface area contributed by atoms with Crippen LogP contribution in [0, 0.1) is 0 Å². The van der Waals surface area contributed by atoms with Gasteiger partial charge >= 0.3 is 12.1 Å². The number of carbonyl (C=O) groups excluding carboxylic acids is 2. The number of rotatable bonds is 6. The Kier molecular flexibility index (Phi) is 5.55. The average molecular weight is 284 g/mol. The van der Waals surface area contributed by atoms with Gasteiger partial charge in [0.2, 0.25) is 0 Å². The maximum absolute atomic E-state index is 11.8. The van der Waals surface area contributed by atoms with E-state index in [9.17, 15) is 14.4 Å². The van der Waals surface area contributed by atoms with E-state index in [1.165, 1.54) is 17.4 Å². The van der Waals surface area contributed by atoms with E-state index in [0.29, 0.717) is 10.4 Å². The Labute approximate surface area is 112 Å². The van der Waals surface area contributed by atoms with Crippen molar-refractivity contribution in [2.24, 2.45) is 5.73 Å². The zero-order valence-electron chi connectivity index (χ0n) is 9.79. The Morgan fingerprint density at radius 1 is 1.47 bits per heavy atom. The van der Waals surface area contributed by atoms with Crippen molar-refractivity contribution < 1.29 is 24.2 Å². The molecule has 1 rings (SSSR count). The molecular weight excluding hydrogens is 272 g/mol. The van der Waals surface area contributed by atoms with Gasteiger partial charge in [0.15, 0.2) is 0 Å². The van der Waals surface area contributed by atoms with E-state index in [1.54, 1.807) is 11.4 Å². The Morgan fingerprint density at radius 3 is 2.84 bits per heavy atom. The number of carboxylic acids is 1. The number of hydrogen-bond acceptors (Lipinski definition) is 5. The van der Waals surface area contributed by atoms with Crippen molar-refractivity contribution in [1.82, 2.24) is 5.32 Å². The number of thiophene rings is 1. The highest BCUT2D eigenvalue weighted by molar-refractivity contribution is 7.12. The minimum Gasteiger partial charge on any atom is -0.478 e. The first kappa shape index (κ1) is 14.7. The molecule has 0 fully saturated rings. The Morgan fingerprint density at radius 2 is 2.21 bits per heavy atom. The van der Waals surface area contributed by atoms with Crippen LogP contribution in [0.15, 0.2) is 17.5 Å². The van der Waals surface area contributed by atoms with E-state index < -0.39 is 12.1 Å². The molecule has 19 heavy (non-hydrogen) atoms. The summed E-state index contributed by atoms with van der Waals surface area (Å²) in [6.45, 7) is 0.106. The lowest BCUT2D eigenvalue weighted by atomic mass is 10.2. The maximum atomic E-state index is 11.8. The van der Waals surface area contributed by atoms with E-state index in [-0.39, 0.29) is 19.1 Å². The summed E-state index contributed by atoms with van der Waals surface area (Å²) in [5, 5.41) is 12.7. The number of carbonyl (C=O) groups is 3. The summed E-state index contributed by atoms with van der Waals surface area (Å²) in [5.74, 6) is -1.46. The number of aliphatic carboxylic acids is 1. The van der Waals surface area contributed by atoms with E-state index in [0.717, 1.165) is 6.08 Å². The number of nitrogens with two attached hydrogens (primary N) is 1. The first-order valence-corrected chi connectivity index (χ1v) is 6.07. The van der Waals surface area contributed by atoms with Crippen LogP contribution in [0.2, 0.25) is 0 Å². The minimum absolute atomic E-state index is 0.0211. The summed E-state index contributed by atoms with van der Waals surface area (Å²) in [6, 6.07) is 1.64. The third-order valence-electron chi connectivity index (χ3n) is 1.94. The van der Waals surface area contributed by atoms with Gasteiger partial charge in [0.05, 0.1) is 11.4 Å². The molecule has 0 unspecified atom stereocenters. The Hall–Kier alpha value is -2.35. The fourth-order valence-electron chi connectivity index (χ4n) is 1.19. The summed E-state index contributed by atoms with van der Waals surface area (Å²) in [5.41, 5.74) is 5.27. The van der Waals surface area contributed by atoms with Gasteiger partial charge in [-0.25, -0.2) is 9.59 Å². The summed E-state index contributed by atoms with van der Waals surface area (Å²) in [6.07, 6.45) is 1.39. The van der Waals surface area contributed by atoms with Crippen molar-refractivity contribution in [2.75, 3.05) is 13.2 Å². The van der Waals surface area contributed by atoms with Crippen molar-refractivity contribution in [2.45, 2.75) is 0 Å². The number of amides is 2. The molecule has 1 heterocycles. The number of primary amides is 1. The number of carboxylic acid groups (broad SMARTS) is 1. The van der Waals surface area contributed by atoms with Crippen LogP contribution >= 0.6 is 11.3 Å². The highest BCUT2D eigenvalue weighted by atomic mass is 32.1. The fraction of sp³-hybridized carbons (Fsp3) is 0.182. The zero-order valence-corrected chi connectivity index (χ0v) is 10.6. The Balaban J connectivity index is 2.55. The van der Waals surface area contributed by atoms with E-state index in [4.69, 9.17) is 10.8 Å². The summed E-state index contributed by atoms with van der Waals surface area (Å²) in [4.78, 5) is 32.9. The second-order valence-corrected chi connectivity index (χ2v) is 4.22. The van der Waals surface area contributed by atoms with Crippen LogP contribution < -0.4 is 11.1 Å². The molecule has 1 aromatic heterocycles. The first-order chi connectivity index (χ1) is 9.00. The van der Waals surface area contributed by atoms with Gasteiger partial charge in [-0.3, -0.25) is 4.79 Å². The monoisotopic (exact) mass is 284 g/mol. The van der Waals surface area contributed by atoms with Crippen molar-refractivity contribution >= 4 is 35.4 Å². The molecule has 7 nitrogen and oxygen atoms in total. The molecule has 0 aliphatic heterocycles. The molecular formula is C11H12N2O5S. The quantitative estimate of drug-likeness (QED) is 0.524. The molecule has 0 aliphatic carbocycles. The molecule has 8 heteroatoms. The second kappa shape index (κ2) is 7.17. The predicted molar refractivity (Wildman–Crippen MR) is 68.9 cm³/mol. The van der Waals surface area contributed by atoms with Crippen LogP contribution in [0.3, 0.4) is 0 Å². The summed E-state index contributed by atoms with van der Waals surface area (Å²) >= 11 is 1.18. The smallest absolute Gasteiger partial charge is 0.404 e. The lowest BCUT2D eigenvalue weighted by molar-refractivity contribution is -0.131. The van der Waals surface area contributed by atoms with Gasteiger partial charge in [-0.1, -0.05) is 0 Å². The van der Waals surface area contributed by atoms with Crippen molar-refractivity contribution in [3.05, 3.63) is 28.0 Å². The molecule has 0 bridgehead atoms. The number of hydrogen-bond donors (Lipinski definition) is 3. The molecule has 2 amide bonds. The number of ether oxygens (including phenoxy) is 1. The van der Waals surface area contributed by atoms with E-state index in [1.807, 2.05) is 0 Å². The molecule has 0 saturated carbocycles. The minimum atomic E-state index is -1.09. The third-order valence-corrected chi connectivity index (χ3v) is 2.87. The summed E-state index contributed by atoms with van der Waals surface area (Å²) in [7, 11) is 0. The Bertz CT molecular complexity index is 509. The first-order valence-electron chi connectivity index (χ1n) is 5.19. The van der Waals surface area contributed by atoms with Gasteiger partial charge in [-0.15, -0.1) is 11.3 Å².